The minimum absolute atomic E-state index is 0.0197. The summed E-state index contributed by atoms with van der Waals surface area (Å²) in [6.07, 6.45) is -11.2. The topological polar surface area (TPSA) is 41.8 Å². The number of nitrogens with zero attached hydrogens (tertiary/aromatic N) is 1. The van der Waals surface area contributed by atoms with Crippen molar-refractivity contribution >= 4 is 5.71 Å². The van der Waals surface area contributed by atoms with Crippen LogP contribution < -0.4 is 0 Å². The van der Waals surface area contributed by atoms with E-state index in [1.165, 1.54) is 12.1 Å². The van der Waals surface area contributed by atoms with Gasteiger partial charge in [0.25, 0.3) is 0 Å². The summed E-state index contributed by atoms with van der Waals surface area (Å²) in [4.78, 5) is 4.30. The van der Waals surface area contributed by atoms with Gasteiger partial charge in [0, 0.05) is 0 Å². The Labute approximate surface area is 167 Å². The van der Waals surface area contributed by atoms with Gasteiger partial charge in [0.1, 0.15) is 5.82 Å². The maximum Gasteiger partial charge on any atom is 0.416 e. The average Bonchev–Trinajstić information content (AvgIpc) is 2.68. The second-order valence-corrected chi connectivity index (χ2v) is 6.40. The lowest BCUT2D eigenvalue weighted by molar-refractivity contribution is -0.143. The third-order valence-corrected chi connectivity index (χ3v) is 4.05. The second kappa shape index (κ2) is 9.57. The molecule has 164 valence electrons. The van der Waals surface area contributed by atoms with Crippen molar-refractivity contribution < 1.29 is 40.6 Å². The van der Waals surface area contributed by atoms with E-state index < -0.39 is 35.1 Å². The fourth-order valence-corrected chi connectivity index (χ4v) is 2.50. The summed E-state index contributed by atoms with van der Waals surface area (Å²) >= 11 is 0. The molecule has 3 rings (SSSR count). The van der Waals surface area contributed by atoms with Crippen LogP contribution in [0.25, 0.3) is 0 Å². The number of ether oxygens (including phenoxy) is 1. The highest BCUT2D eigenvalue weighted by atomic mass is 19.4. The summed E-state index contributed by atoms with van der Waals surface area (Å²) in [5.41, 5.74) is -1.43. The van der Waals surface area contributed by atoms with E-state index >= 15 is 0 Å². The number of benzene rings is 2. The van der Waals surface area contributed by atoms with Gasteiger partial charge in [-0.2, -0.15) is 26.3 Å². The number of hydrogen-bond donors (Lipinski definition) is 1. The third kappa shape index (κ3) is 6.81. The number of alkyl halides is 6. The van der Waals surface area contributed by atoms with Gasteiger partial charge in [-0.15, -0.1) is 0 Å². The highest BCUT2D eigenvalue weighted by Crippen LogP contribution is 2.37. The van der Waals surface area contributed by atoms with Crippen molar-refractivity contribution in [2.24, 2.45) is 4.99 Å². The van der Waals surface area contributed by atoms with Crippen LogP contribution in [0.3, 0.4) is 0 Å². The van der Waals surface area contributed by atoms with Crippen LogP contribution in [0.4, 0.5) is 30.7 Å². The molecule has 3 nitrogen and oxygen atoms in total. The summed E-state index contributed by atoms with van der Waals surface area (Å²) in [6, 6.07) is 7.34. The van der Waals surface area contributed by atoms with Gasteiger partial charge in [-0.3, -0.25) is 4.99 Å². The molecule has 30 heavy (non-hydrogen) atoms. The van der Waals surface area contributed by atoms with Crippen molar-refractivity contribution in [3.8, 4) is 0 Å². The molecule has 0 unspecified atom stereocenters. The fourth-order valence-electron chi connectivity index (χ4n) is 2.50. The molecule has 1 aliphatic rings. The molecule has 1 heterocycles. The van der Waals surface area contributed by atoms with Crippen LogP contribution >= 0.6 is 0 Å². The minimum Gasteiger partial charge on any atom is -0.389 e. The Bertz CT molecular complexity index is 840. The van der Waals surface area contributed by atoms with Crippen LogP contribution in [0, 0.1) is 5.82 Å². The van der Waals surface area contributed by atoms with E-state index in [0.717, 1.165) is 18.2 Å². The first-order valence-corrected chi connectivity index (χ1v) is 8.72. The minimum atomic E-state index is -4.88. The monoisotopic (exact) mass is 437 g/mol. The lowest BCUT2D eigenvalue weighted by Gasteiger charge is -2.15. The second-order valence-electron chi connectivity index (χ2n) is 6.40. The standard InChI is InChI=1S/C10H8F6O.C10H10FNO/c1-5(17)6-2-7(9(11,12)13)4-8(3-6)10(14,15)16;11-9-3-1-8(2-4-9)10-7-13-6-5-12-10/h2-5,17H,1H3;1-4H,5-7H2/t5-;/m1./s1. The lowest BCUT2D eigenvalue weighted by Crippen LogP contribution is -2.18. The first-order valence-electron chi connectivity index (χ1n) is 8.72. The smallest absolute Gasteiger partial charge is 0.389 e. The molecular formula is C20H18F7NO2. The van der Waals surface area contributed by atoms with Crippen molar-refractivity contribution in [3.63, 3.8) is 0 Å². The van der Waals surface area contributed by atoms with Gasteiger partial charge < -0.3 is 9.84 Å². The molecule has 0 aromatic heterocycles. The normalized spacial score (nSPS) is 15.7. The van der Waals surface area contributed by atoms with Crippen LogP contribution in [-0.4, -0.2) is 30.6 Å². The first-order chi connectivity index (χ1) is 13.9. The van der Waals surface area contributed by atoms with Crippen LogP contribution in [-0.2, 0) is 17.1 Å². The lowest BCUT2D eigenvalue weighted by atomic mass is 10.0. The Morgan fingerprint density at radius 2 is 1.47 bits per heavy atom. The Kier molecular flexibility index (Phi) is 7.59. The van der Waals surface area contributed by atoms with Crippen molar-refractivity contribution in [2.45, 2.75) is 25.4 Å². The molecule has 0 saturated carbocycles. The van der Waals surface area contributed by atoms with Gasteiger partial charge in [-0.25, -0.2) is 4.39 Å². The first kappa shape index (κ1) is 23.8. The molecule has 0 radical (unpaired) electrons. The van der Waals surface area contributed by atoms with Gasteiger partial charge in [0.15, 0.2) is 0 Å². The van der Waals surface area contributed by atoms with Crippen LogP contribution in [0.15, 0.2) is 47.5 Å². The zero-order valence-corrected chi connectivity index (χ0v) is 15.7. The van der Waals surface area contributed by atoms with E-state index in [9.17, 15) is 30.7 Å². The zero-order chi connectivity index (χ0) is 22.5. The molecule has 1 N–H and O–H groups in total. The van der Waals surface area contributed by atoms with E-state index in [0.29, 0.717) is 31.9 Å². The Morgan fingerprint density at radius 1 is 0.933 bits per heavy atom. The number of rotatable bonds is 2. The largest absolute Gasteiger partial charge is 0.416 e. The van der Waals surface area contributed by atoms with E-state index in [1.807, 2.05) is 0 Å². The van der Waals surface area contributed by atoms with Crippen molar-refractivity contribution in [1.82, 2.24) is 0 Å². The van der Waals surface area contributed by atoms with E-state index in [4.69, 9.17) is 9.84 Å². The summed E-state index contributed by atoms with van der Waals surface area (Å²) in [5, 5.41) is 9.07. The molecular weight excluding hydrogens is 419 g/mol. The maximum atomic E-state index is 12.6. The number of halogens is 7. The molecule has 0 bridgehead atoms. The van der Waals surface area contributed by atoms with E-state index in [1.54, 1.807) is 12.1 Å². The average molecular weight is 437 g/mol. The molecule has 0 aliphatic carbocycles. The SMILES string of the molecule is C[C@@H](O)c1cc(C(F)(F)F)cc(C(F)(F)F)c1.Fc1ccc(C2=NCCOC2)cc1. The summed E-state index contributed by atoms with van der Waals surface area (Å²) in [7, 11) is 0. The molecule has 10 heteroatoms. The molecule has 0 saturated heterocycles. The van der Waals surface area contributed by atoms with Gasteiger partial charge >= 0.3 is 12.4 Å². The molecule has 0 fully saturated rings. The van der Waals surface area contributed by atoms with Gasteiger partial charge in [0.2, 0.25) is 0 Å². The van der Waals surface area contributed by atoms with Crippen molar-refractivity contribution in [2.75, 3.05) is 19.8 Å². The van der Waals surface area contributed by atoms with Crippen LogP contribution in [0.2, 0.25) is 0 Å². The molecule has 0 spiro atoms. The molecule has 1 aliphatic heterocycles. The number of aliphatic hydroxyl groups excluding tert-OH is 1. The maximum absolute atomic E-state index is 12.6. The van der Waals surface area contributed by atoms with Crippen molar-refractivity contribution in [1.29, 1.82) is 0 Å². The zero-order valence-electron chi connectivity index (χ0n) is 15.7. The molecule has 2 aromatic rings. The fraction of sp³-hybridized carbons (Fsp3) is 0.350. The van der Waals surface area contributed by atoms with Crippen LogP contribution in [0.1, 0.15) is 35.3 Å². The summed E-state index contributed by atoms with van der Waals surface area (Å²) in [6.45, 7) is 3.01. The van der Waals surface area contributed by atoms with E-state index in [-0.39, 0.29) is 11.9 Å². The van der Waals surface area contributed by atoms with Gasteiger partial charge in [0.05, 0.1) is 42.7 Å². The molecule has 1 atom stereocenters. The van der Waals surface area contributed by atoms with Crippen LogP contribution in [0.5, 0.6) is 0 Å². The highest BCUT2D eigenvalue weighted by molar-refractivity contribution is 6.01. The van der Waals surface area contributed by atoms with Gasteiger partial charge in [-0.1, -0.05) is 12.1 Å². The summed E-state index contributed by atoms with van der Waals surface area (Å²) < 4.78 is 91.9. The number of aliphatic hydroxyl groups is 1. The predicted molar refractivity (Wildman–Crippen MR) is 95.7 cm³/mol. The van der Waals surface area contributed by atoms with Gasteiger partial charge in [-0.05, 0) is 48.4 Å². The van der Waals surface area contributed by atoms with Crippen molar-refractivity contribution in [3.05, 3.63) is 70.5 Å². The molecule has 2 aromatic carbocycles. The third-order valence-electron chi connectivity index (χ3n) is 4.05. The Hall–Kier alpha value is -2.46. The number of hydrogen-bond acceptors (Lipinski definition) is 3. The highest BCUT2D eigenvalue weighted by Gasteiger charge is 2.37. The van der Waals surface area contributed by atoms with E-state index in [2.05, 4.69) is 4.99 Å². The summed E-state index contributed by atoms with van der Waals surface area (Å²) in [5.74, 6) is -0.221. The Balaban J connectivity index is 0.000000220. The molecule has 0 amide bonds. The Morgan fingerprint density at radius 3 is 1.87 bits per heavy atom. The quantitative estimate of drug-likeness (QED) is 0.638. The number of aliphatic imine (C=N–C) groups is 1. The predicted octanol–water partition coefficient (Wildman–Crippen LogP) is 5.42.